The zero-order valence-electron chi connectivity index (χ0n) is 46.7. The first-order chi connectivity index (χ1) is 35.5. The number of allylic oxidation sites excluding steroid dienone is 20. The van der Waals surface area contributed by atoms with Gasteiger partial charge in [-0.1, -0.05) is 232 Å². The van der Waals surface area contributed by atoms with Crippen molar-refractivity contribution in [1.29, 1.82) is 0 Å². The highest BCUT2D eigenvalue weighted by Crippen LogP contribution is 2.14. The van der Waals surface area contributed by atoms with E-state index in [0.717, 1.165) is 135 Å². The highest BCUT2D eigenvalue weighted by atomic mass is 16.6. The lowest BCUT2D eigenvalue weighted by atomic mass is 10.1. The molecular weight excluding hydrogens is 889 g/mol. The van der Waals surface area contributed by atoms with Gasteiger partial charge in [0.1, 0.15) is 13.2 Å². The summed E-state index contributed by atoms with van der Waals surface area (Å²) in [5, 5.41) is 0. The van der Waals surface area contributed by atoms with Crippen LogP contribution in [-0.2, 0) is 28.6 Å². The van der Waals surface area contributed by atoms with E-state index in [1.807, 2.05) is 0 Å². The smallest absolute Gasteiger partial charge is 0.306 e. The molecule has 408 valence electrons. The number of hydrogen-bond donors (Lipinski definition) is 0. The Labute approximate surface area is 443 Å². The fourth-order valence-corrected chi connectivity index (χ4v) is 7.75. The second kappa shape index (κ2) is 59.4. The first kappa shape index (κ1) is 67.8. The molecule has 0 aliphatic carbocycles. The summed E-state index contributed by atoms with van der Waals surface area (Å²) in [6.07, 6.45) is 82.0. The van der Waals surface area contributed by atoms with Gasteiger partial charge in [0.2, 0.25) is 0 Å². The predicted molar refractivity (Wildman–Crippen MR) is 311 cm³/mol. The van der Waals surface area contributed by atoms with E-state index in [1.54, 1.807) is 0 Å². The molecule has 0 amide bonds. The highest BCUT2D eigenvalue weighted by molar-refractivity contribution is 5.71. The van der Waals surface area contributed by atoms with Crippen LogP contribution in [0.1, 0.15) is 258 Å². The molecule has 0 aromatic rings. The molecule has 6 nitrogen and oxygen atoms in total. The average molecular weight is 998 g/mol. The molecule has 0 rings (SSSR count). The van der Waals surface area contributed by atoms with Gasteiger partial charge in [0.15, 0.2) is 6.10 Å². The number of carbonyl (C=O) groups excluding carboxylic acids is 3. The second-order valence-corrected chi connectivity index (χ2v) is 19.2. The van der Waals surface area contributed by atoms with Crippen LogP contribution in [0.5, 0.6) is 0 Å². The van der Waals surface area contributed by atoms with Gasteiger partial charge in [-0.05, 0) is 128 Å². The minimum absolute atomic E-state index is 0.0975. The standard InChI is InChI=1S/C66H108O6/c1-4-7-10-13-16-19-22-24-26-28-30-31-32-33-34-35-37-38-40-42-44-47-50-53-56-59-65(68)71-62-63(61-70-64(67)58-55-52-49-46-21-18-15-12-9-6-3)72-66(69)60-57-54-51-48-45-43-41-39-36-29-27-25-23-20-17-14-11-8-5-2/h7,10,12,15-17,19-20,24-27,30-31,33-34,37-38,42,44,63H,4-6,8-9,11,13-14,18,21-23,28-29,32,35-36,39-41,43,45-62H2,1-3H3/b10-7-,15-12-,19-16-,20-17-,26-24-,27-25-,31-30-,34-33-,38-37-,44-42-. The fourth-order valence-electron chi connectivity index (χ4n) is 7.75. The average Bonchev–Trinajstić information content (AvgIpc) is 3.38. The Morgan fingerprint density at radius 1 is 0.292 bits per heavy atom. The normalized spacial score (nSPS) is 13.0. The summed E-state index contributed by atoms with van der Waals surface area (Å²) >= 11 is 0. The van der Waals surface area contributed by atoms with Crippen molar-refractivity contribution < 1.29 is 28.6 Å². The molecule has 1 atom stereocenters. The van der Waals surface area contributed by atoms with Gasteiger partial charge in [0, 0.05) is 19.3 Å². The number of hydrogen-bond acceptors (Lipinski definition) is 6. The Morgan fingerprint density at radius 3 is 0.931 bits per heavy atom. The Kier molecular flexibility index (Phi) is 55.9. The van der Waals surface area contributed by atoms with Crippen LogP contribution >= 0.6 is 0 Å². The van der Waals surface area contributed by atoms with Gasteiger partial charge < -0.3 is 14.2 Å². The molecule has 0 bridgehead atoms. The molecule has 1 unspecified atom stereocenters. The molecule has 0 aromatic carbocycles. The van der Waals surface area contributed by atoms with Crippen molar-refractivity contribution in [3.8, 4) is 0 Å². The molecule has 0 aliphatic heterocycles. The SMILES string of the molecule is CC/C=C\C/C=C\C/C=C\C/C=C\C/C=C\C/C=C\C/C=C\CCCCCC(=O)OCC(COC(=O)CCCCCCC/C=C\CCC)OC(=O)CCCCCCCCCCC/C=C\C/C=C\CCCCC. The quantitative estimate of drug-likeness (QED) is 0.0261. The van der Waals surface area contributed by atoms with Crippen LogP contribution in [0, 0.1) is 0 Å². The number of esters is 3. The maximum absolute atomic E-state index is 12.9. The number of rotatable bonds is 52. The van der Waals surface area contributed by atoms with E-state index in [2.05, 4.69) is 142 Å². The van der Waals surface area contributed by atoms with E-state index < -0.39 is 6.10 Å². The molecule has 0 fully saturated rings. The van der Waals surface area contributed by atoms with E-state index in [-0.39, 0.29) is 31.1 Å². The number of unbranched alkanes of at least 4 members (excludes halogenated alkanes) is 21. The zero-order chi connectivity index (χ0) is 52.2. The summed E-state index contributed by atoms with van der Waals surface area (Å²) < 4.78 is 16.8. The van der Waals surface area contributed by atoms with Gasteiger partial charge >= 0.3 is 17.9 Å². The molecule has 0 heterocycles. The van der Waals surface area contributed by atoms with Crippen LogP contribution in [0.3, 0.4) is 0 Å². The van der Waals surface area contributed by atoms with Crippen LogP contribution in [0.2, 0.25) is 0 Å². The maximum atomic E-state index is 12.9. The van der Waals surface area contributed by atoms with Crippen LogP contribution < -0.4 is 0 Å². The molecule has 0 saturated carbocycles. The lowest BCUT2D eigenvalue weighted by Crippen LogP contribution is -2.30. The van der Waals surface area contributed by atoms with Gasteiger partial charge in [-0.2, -0.15) is 0 Å². The van der Waals surface area contributed by atoms with E-state index in [9.17, 15) is 14.4 Å². The van der Waals surface area contributed by atoms with Crippen molar-refractivity contribution in [3.05, 3.63) is 122 Å². The van der Waals surface area contributed by atoms with Crippen molar-refractivity contribution >= 4 is 17.9 Å². The largest absolute Gasteiger partial charge is 0.462 e. The molecule has 0 saturated heterocycles. The topological polar surface area (TPSA) is 78.9 Å². The van der Waals surface area contributed by atoms with E-state index in [4.69, 9.17) is 14.2 Å². The van der Waals surface area contributed by atoms with Crippen molar-refractivity contribution in [2.24, 2.45) is 0 Å². The molecular formula is C66H108O6. The highest BCUT2D eigenvalue weighted by Gasteiger charge is 2.19. The van der Waals surface area contributed by atoms with E-state index >= 15 is 0 Å². The third kappa shape index (κ3) is 56.7. The summed E-state index contributed by atoms with van der Waals surface area (Å²) in [6, 6.07) is 0. The second-order valence-electron chi connectivity index (χ2n) is 19.2. The number of carbonyl (C=O) groups is 3. The number of ether oxygens (including phenoxy) is 3. The lowest BCUT2D eigenvalue weighted by Gasteiger charge is -2.18. The summed E-state index contributed by atoms with van der Waals surface area (Å²) in [5.41, 5.74) is 0. The Hall–Kier alpha value is -4.19. The summed E-state index contributed by atoms with van der Waals surface area (Å²) in [6.45, 7) is 6.40. The molecule has 0 spiro atoms. The molecule has 0 radical (unpaired) electrons. The van der Waals surface area contributed by atoms with Crippen LogP contribution in [-0.4, -0.2) is 37.2 Å². The third-order valence-electron chi connectivity index (χ3n) is 12.2. The van der Waals surface area contributed by atoms with Crippen LogP contribution in [0.25, 0.3) is 0 Å². The minimum Gasteiger partial charge on any atom is -0.462 e. The Bertz CT molecular complexity index is 1520. The molecule has 0 aliphatic rings. The van der Waals surface area contributed by atoms with Crippen LogP contribution in [0.15, 0.2) is 122 Å². The van der Waals surface area contributed by atoms with Crippen LogP contribution in [0.4, 0.5) is 0 Å². The Balaban J connectivity index is 4.39. The summed E-state index contributed by atoms with van der Waals surface area (Å²) in [7, 11) is 0. The monoisotopic (exact) mass is 997 g/mol. The van der Waals surface area contributed by atoms with Gasteiger partial charge in [-0.3, -0.25) is 14.4 Å². The molecule has 6 heteroatoms. The predicted octanol–water partition coefficient (Wildman–Crippen LogP) is 20.0. The zero-order valence-corrected chi connectivity index (χ0v) is 46.7. The van der Waals surface area contributed by atoms with E-state index in [1.165, 1.54) is 83.5 Å². The lowest BCUT2D eigenvalue weighted by molar-refractivity contribution is -0.167. The van der Waals surface area contributed by atoms with Gasteiger partial charge in [-0.15, -0.1) is 0 Å². The van der Waals surface area contributed by atoms with Crippen molar-refractivity contribution in [2.45, 2.75) is 264 Å². The van der Waals surface area contributed by atoms with Crippen molar-refractivity contribution in [3.63, 3.8) is 0 Å². The molecule has 0 N–H and O–H groups in total. The molecule has 0 aromatic heterocycles. The first-order valence-corrected chi connectivity index (χ1v) is 29.5. The summed E-state index contributed by atoms with van der Waals surface area (Å²) in [4.78, 5) is 38.1. The summed E-state index contributed by atoms with van der Waals surface area (Å²) in [5.74, 6) is -0.947. The van der Waals surface area contributed by atoms with Gasteiger partial charge in [0.25, 0.3) is 0 Å². The minimum atomic E-state index is -0.801. The fraction of sp³-hybridized carbons (Fsp3) is 0.652. The van der Waals surface area contributed by atoms with E-state index in [0.29, 0.717) is 19.3 Å². The maximum Gasteiger partial charge on any atom is 0.306 e. The van der Waals surface area contributed by atoms with Crippen molar-refractivity contribution in [2.75, 3.05) is 13.2 Å². The first-order valence-electron chi connectivity index (χ1n) is 29.5. The Morgan fingerprint density at radius 2 is 0.569 bits per heavy atom. The molecule has 72 heavy (non-hydrogen) atoms. The van der Waals surface area contributed by atoms with Gasteiger partial charge in [-0.25, -0.2) is 0 Å². The van der Waals surface area contributed by atoms with Crippen molar-refractivity contribution in [1.82, 2.24) is 0 Å². The van der Waals surface area contributed by atoms with Gasteiger partial charge in [0.05, 0.1) is 0 Å². The third-order valence-corrected chi connectivity index (χ3v) is 12.2.